The lowest BCUT2D eigenvalue weighted by Crippen LogP contribution is -2.39. The molecule has 1 saturated heterocycles. The van der Waals surface area contributed by atoms with Gasteiger partial charge in [-0.15, -0.1) is 0 Å². The first kappa shape index (κ1) is 16.0. The maximum atomic E-state index is 11.3. The molecule has 21 heavy (non-hydrogen) atoms. The van der Waals surface area contributed by atoms with Gasteiger partial charge in [-0.1, -0.05) is 17.7 Å². The molecule has 5 nitrogen and oxygen atoms in total. The lowest BCUT2D eigenvalue weighted by molar-refractivity contribution is -0.384. The van der Waals surface area contributed by atoms with Crippen LogP contribution in [0.1, 0.15) is 26.7 Å². The standard InChI is InChI=1S/C15H22ClN3O2/c1-11(2)18(10-12-6-8-17-9-7-12)14-5-3-4-13(16)15(14)19(20)21/h3-5,11-12,17H,6-10H2,1-2H3. The van der Waals surface area contributed by atoms with Crippen molar-refractivity contribution >= 4 is 23.0 Å². The Kier molecular flexibility index (Phi) is 5.42. The molecule has 0 aromatic heterocycles. The van der Waals surface area contributed by atoms with Crippen molar-refractivity contribution in [2.24, 2.45) is 5.92 Å². The number of hydrogen-bond donors (Lipinski definition) is 1. The summed E-state index contributed by atoms with van der Waals surface area (Å²) in [4.78, 5) is 13.1. The molecular weight excluding hydrogens is 290 g/mol. The van der Waals surface area contributed by atoms with Crippen molar-refractivity contribution < 1.29 is 4.92 Å². The van der Waals surface area contributed by atoms with Crippen LogP contribution < -0.4 is 10.2 Å². The van der Waals surface area contributed by atoms with E-state index >= 15 is 0 Å². The fraction of sp³-hybridized carbons (Fsp3) is 0.600. The predicted octanol–water partition coefficient (Wildman–Crippen LogP) is 3.46. The smallest absolute Gasteiger partial charge is 0.310 e. The van der Waals surface area contributed by atoms with Gasteiger partial charge >= 0.3 is 5.69 Å². The summed E-state index contributed by atoms with van der Waals surface area (Å²) in [6.45, 7) is 7.00. The highest BCUT2D eigenvalue weighted by atomic mass is 35.5. The molecular formula is C15H22ClN3O2. The highest BCUT2D eigenvalue weighted by molar-refractivity contribution is 6.33. The summed E-state index contributed by atoms with van der Waals surface area (Å²) >= 11 is 6.04. The Hall–Kier alpha value is -1.33. The molecule has 0 aliphatic carbocycles. The topological polar surface area (TPSA) is 58.4 Å². The molecule has 1 fully saturated rings. The Bertz CT molecular complexity index is 502. The summed E-state index contributed by atoms with van der Waals surface area (Å²) in [5.74, 6) is 0.562. The Morgan fingerprint density at radius 2 is 2.10 bits per heavy atom. The molecule has 0 radical (unpaired) electrons. The number of nitro benzene ring substituents is 1. The van der Waals surface area contributed by atoms with Gasteiger partial charge in [-0.25, -0.2) is 0 Å². The van der Waals surface area contributed by atoms with Gasteiger partial charge in [0.25, 0.3) is 0 Å². The number of rotatable bonds is 5. The zero-order chi connectivity index (χ0) is 15.4. The number of nitro groups is 1. The first-order valence-corrected chi connectivity index (χ1v) is 7.78. The minimum absolute atomic E-state index is 0.0156. The zero-order valence-electron chi connectivity index (χ0n) is 12.5. The molecule has 1 aliphatic rings. The third-order valence-corrected chi connectivity index (χ3v) is 4.30. The van der Waals surface area contributed by atoms with Crippen molar-refractivity contribution in [3.8, 4) is 0 Å². The number of hydrogen-bond acceptors (Lipinski definition) is 4. The summed E-state index contributed by atoms with van der Waals surface area (Å²) in [6, 6.07) is 5.34. The molecule has 0 atom stereocenters. The summed E-state index contributed by atoms with van der Waals surface area (Å²) in [5, 5.41) is 14.9. The van der Waals surface area contributed by atoms with Gasteiger partial charge < -0.3 is 10.2 Å². The number of halogens is 1. The number of nitrogens with one attached hydrogen (secondary N) is 1. The van der Waals surface area contributed by atoms with Crippen LogP contribution in [0.5, 0.6) is 0 Å². The van der Waals surface area contributed by atoms with E-state index < -0.39 is 0 Å². The van der Waals surface area contributed by atoms with Crippen molar-refractivity contribution in [3.05, 3.63) is 33.3 Å². The molecule has 1 heterocycles. The van der Waals surface area contributed by atoms with Gasteiger partial charge in [0.05, 0.1) is 4.92 Å². The van der Waals surface area contributed by atoms with E-state index in [0.29, 0.717) is 11.6 Å². The molecule has 1 aliphatic heterocycles. The number of nitrogens with zero attached hydrogens (tertiary/aromatic N) is 2. The molecule has 0 unspecified atom stereocenters. The molecule has 2 rings (SSSR count). The molecule has 0 saturated carbocycles. The summed E-state index contributed by atoms with van der Waals surface area (Å²) < 4.78 is 0. The van der Waals surface area contributed by atoms with Gasteiger partial charge in [-0.2, -0.15) is 0 Å². The molecule has 0 amide bonds. The van der Waals surface area contributed by atoms with Crippen LogP contribution in [0.2, 0.25) is 5.02 Å². The molecule has 0 spiro atoms. The number of benzene rings is 1. The SMILES string of the molecule is CC(C)N(CC1CCNCC1)c1cccc(Cl)c1[N+](=O)[O-]. The van der Waals surface area contributed by atoms with Gasteiger partial charge in [-0.05, 0) is 57.8 Å². The average molecular weight is 312 g/mol. The number of para-hydroxylation sites is 1. The van der Waals surface area contributed by atoms with Gasteiger partial charge in [0.1, 0.15) is 10.7 Å². The van der Waals surface area contributed by atoms with Gasteiger partial charge in [0.2, 0.25) is 0 Å². The molecule has 1 N–H and O–H groups in total. The van der Waals surface area contributed by atoms with Crippen molar-refractivity contribution in [2.75, 3.05) is 24.5 Å². The third kappa shape index (κ3) is 3.86. The Labute approximate surface area is 130 Å². The second-order valence-corrected chi connectivity index (χ2v) is 6.21. The normalized spacial score (nSPS) is 16.2. The van der Waals surface area contributed by atoms with Crippen LogP contribution in [0.4, 0.5) is 11.4 Å². The lowest BCUT2D eigenvalue weighted by atomic mass is 9.96. The number of piperidine rings is 1. The molecule has 0 bridgehead atoms. The van der Waals surface area contributed by atoms with E-state index in [9.17, 15) is 10.1 Å². The van der Waals surface area contributed by atoms with E-state index in [0.717, 1.165) is 32.5 Å². The maximum absolute atomic E-state index is 11.3. The van der Waals surface area contributed by atoms with Crippen LogP contribution in [-0.2, 0) is 0 Å². The van der Waals surface area contributed by atoms with Gasteiger partial charge in [0, 0.05) is 12.6 Å². The fourth-order valence-electron chi connectivity index (χ4n) is 2.85. The quantitative estimate of drug-likeness (QED) is 0.668. The van der Waals surface area contributed by atoms with Crippen molar-refractivity contribution in [2.45, 2.75) is 32.7 Å². The van der Waals surface area contributed by atoms with Crippen LogP contribution in [-0.4, -0.2) is 30.6 Å². The van der Waals surface area contributed by atoms with Crippen LogP contribution in [0.25, 0.3) is 0 Å². The van der Waals surface area contributed by atoms with E-state index in [-0.39, 0.29) is 21.7 Å². The van der Waals surface area contributed by atoms with Crippen LogP contribution in [0.15, 0.2) is 18.2 Å². The van der Waals surface area contributed by atoms with Crippen LogP contribution in [0.3, 0.4) is 0 Å². The zero-order valence-corrected chi connectivity index (χ0v) is 13.3. The van der Waals surface area contributed by atoms with E-state index in [1.165, 1.54) is 0 Å². The Morgan fingerprint density at radius 3 is 2.67 bits per heavy atom. The highest BCUT2D eigenvalue weighted by Gasteiger charge is 2.27. The molecule has 1 aromatic carbocycles. The first-order chi connectivity index (χ1) is 10.0. The summed E-state index contributed by atoms with van der Waals surface area (Å²) in [7, 11) is 0. The molecule has 6 heteroatoms. The average Bonchev–Trinajstić information content (AvgIpc) is 2.45. The first-order valence-electron chi connectivity index (χ1n) is 7.41. The lowest BCUT2D eigenvalue weighted by Gasteiger charge is -2.34. The van der Waals surface area contributed by atoms with Gasteiger partial charge in [0.15, 0.2) is 0 Å². The Morgan fingerprint density at radius 1 is 1.43 bits per heavy atom. The highest BCUT2D eigenvalue weighted by Crippen LogP contribution is 2.36. The van der Waals surface area contributed by atoms with Crippen molar-refractivity contribution in [1.82, 2.24) is 5.32 Å². The van der Waals surface area contributed by atoms with E-state index in [1.54, 1.807) is 18.2 Å². The Balaban J connectivity index is 2.29. The second-order valence-electron chi connectivity index (χ2n) is 5.80. The fourth-order valence-corrected chi connectivity index (χ4v) is 3.08. The van der Waals surface area contributed by atoms with E-state index in [2.05, 4.69) is 24.1 Å². The second kappa shape index (κ2) is 7.09. The van der Waals surface area contributed by atoms with E-state index in [1.807, 2.05) is 0 Å². The molecule has 116 valence electrons. The van der Waals surface area contributed by atoms with Crippen LogP contribution >= 0.6 is 11.6 Å². The summed E-state index contributed by atoms with van der Waals surface area (Å²) in [6.07, 6.45) is 2.22. The molecule has 1 aromatic rings. The van der Waals surface area contributed by atoms with E-state index in [4.69, 9.17) is 11.6 Å². The largest absolute Gasteiger partial charge is 0.363 e. The number of anilines is 1. The summed E-state index contributed by atoms with van der Waals surface area (Å²) in [5.41, 5.74) is 0.642. The van der Waals surface area contributed by atoms with Gasteiger partial charge in [-0.3, -0.25) is 10.1 Å². The van der Waals surface area contributed by atoms with Crippen molar-refractivity contribution in [3.63, 3.8) is 0 Å². The third-order valence-electron chi connectivity index (χ3n) is 3.99. The minimum atomic E-state index is -0.379. The van der Waals surface area contributed by atoms with Crippen molar-refractivity contribution in [1.29, 1.82) is 0 Å². The minimum Gasteiger partial charge on any atom is -0.363 e. The van der Waals surface area contributed by atoms with Crippen LogP contribution in [0, 0.1) is 16.0 Å². The monoisotopic (exact) mass is 311 g/mol. The maximum Gasteiger partial charge on any atom is 0.310 e. The predicted molar refractivity (Wildman–Crippen MR) is 86.2 cm³/mol.